The van der Waals surface area contributed by atoms with Gasteiger partial charge < -0.3 is 10.1 Å². The molecule has 0 saturated carbocycles. The van der Waals surface area contributed by atoms with Gasteiger partial charge in [-0.3, -0.25) is 4.98 Å². The van der Waals surface area contributed by atoms with Crippen molar-refractivity contribution in [2.75, 3.05) is 20.3 Å². The molecule has 0 aliphatic carbocycles. The van der Waals surface area contributed by atoms with Crippen molar-refractivity contribution in [2.45, 2.75) is 25.8 Å². The lowest BCUT2D eigenvalue weighted by Gasteiger charge is -2.18. The number of methoxy groups -OCH3 is 1. The van der Waals surface area contributed by atoms with Crippen LogP contribution in [0, 0.1) is 0 Å². The van der Waals surface area contributed by atoms with Gasteiger partial charge in [-0.25, -0.2) is 0 Å². The zero-order valence-electron chi connectivity index (χ0n) is 10.2. The van der Waals surface area contributed by atoms with Gasteiger partial charge >= 0.3 is 0 Å². The van der Waals surface area contributed by atoms with Crippen molar-refractivity contribution >= 4 is 31.9 Å². The van der Waals surface area contributed by atoms with Crippen molar-refractivity contribution in [3.05, 3.63) is 26.9 Å². The summed E-state index contributed by atoms with van der Waals surface area (Å²) in [6, 6.07) is 2.31. The number of hydrogen-bond donors (Lipinski definition) is 1. The number of pyridine rings is 1. The van der Waals surface area contributed by atoms with Crippen molar-refractivity contribution in [2.24, 2.45) is 0 Å². The minimum atomic E-state index is 0.276. The molecule has 0 saturated heterocycles. The molecule has 0 aliphatic rings. The van der Waals surface area contributed by atoms with Gasteiger partial charge in [-0.15, -0.1) is 0 Å². The SMILES string of the molecule is CCNC(CCCOC)c1ncc(Br)cc1Br. The first-order valence-corrected chi connectivity index (χ1v) is 7.30. The molecule has 1 aromatic heterocycles. The Morgan fingerprint density at radius 2 is 2.24 bits per heavy atom. The van der Waals surface area contributed by atoms with Crippen molar-refractivity contribution < 1.29 is 4.74 Å². The van der Waals surface area contributed by atoms with Gasteiger partial charge in [0.25, 0.3) is 0 Å². The summed E-state index contributed by atoms with van der Waals surface area (Å²) in [5.41, 5.74) is 1.06. The highest BCUT2D eigenvalue weighted by Gasteiger charge is 2.14. The third-order valence-corrected chi connectivity index (χ3v) is 3.53. The van der Waals surface area contributed by atoms with Gasteiger partial charge in [0, 0.05) is 28.9 Å². The number of nitrogens with zero attached hydrogens (tertiary/aromatic N) is 1. The van der Waals surface area contributed by atoms with Gasteiger partial charge in [-0.1, -0.05) is 6.92 Å². The van der Waals surface area contributed by atoms with Gasteiger partial charge in [-0.05, 0) is 57.3 Å². The number of hydrogen-bond acceptors (Lipinski definition) is 3. The van der Waals surface area contributed by atoms with E-state index in [1.807, 2.05) is 12.3 Å². The maximum absolute atomic E-state index is 5.09. The molecule has 5 heteroatoms. The first-order chi connectivity index (χ1) is 8.19. The third-order valence-electron chi connectivity index (χ3n) is 2.46. The van der Waals surface area contributed by atoms with E-state index in [9.17, 15) is 0 Å². The summed E-state index contributed by atoms with van der Waals surface area (Å²) in [5, 5.41) is 3.45. The quantitative estimate of drug-likeness (QED) is 0.748. The van der Waals surface area contributed by atoms with Crippen LogP contribution < -0.4 is 5.32 Å². The molecule has 1 heterocycles. The molecule has 0 radical (unpaired) electrons. The second-order valence-corrected chi connectivity index (χ2v) is 5.54. The molecule has 0 aliphatic heterocycles. The Morgan fingerprint density at radius 1 is 1.47 bits per heavy atom. The van der Waals surface area contributed by atoms with E-state index in [0.29, 0.717) is 0 Å². The van der Waals surface area contributed by atoms with Crippen molar-refractivity contribution in [3.63, 3.8) is 0 Å². The monoisotopic (exact) mass is 364 g/mol. The van der Waals surface area contributed by atoms with Gasteiger partial charge in [0.15, 0.2) is 0 Å². The Morgan fingerprint density at radius 3 is 2.82 bits per heavy atom. The minimum Gasteiger partial charge on any atom is -0.385 e. The van der Waals surface area contributed by atoms with Gasteiger partial charge in [0.2, 0.25) is 0 Å². The zero-order chi connectivity index (χ0) is 12.7. The molecule has 3 nitrogen and oxygen atoms in total. The van der Waals surface area contributed by atoms with Crippen LogP contribution in [0.2, 0.25) is 0 Å². The summed E-state index contributed by atoms with van der Waals surface area (Å²) >= 11 is 6.98. The Kier molecular flexibility index (Phi) is 7.27. The van der Waals surface area contributed by atoms with Crippen LogP contribution in [0.15, 0.2) is 21.2 Å². The Balaban J connectivity index is 2.74. The van der Waals surface area contributed by atoms with E-state index in [0.717, 1.165) is 40.6 Å². The second kappa shape index (κ2) is 8.19. The summed E-state index contributed by atoms with van der Waals surface area (Å²) in [7, 11) is 1.73. The van der Waals surface area contributed by atoms with Gasteiger partial charge in [0.05, 0.1) is 11.7 Å². The fourth-order valence-electron chi connectivity index (χ4n) is 1.70. The van der Waals surface area contributed by atoms with Crippen LogP contribution in [0.3, 0.4) is 0 Å². The summed E-state index contributed by atoms with van der Waals surface area (Å²) in [5.74, 6) is 0. The number of ether oxygens (including phenoxy) is 1. The van der Waals surface area contributed by atoms with Crippen LogP contribution in [-0.4, -0.2) is 25.2 Å². The van der Waals surface area contributed by atoms with E-state index in [2.05, 4.69) is 49.1 Å². The lowest BCUT2D eigenvalue weighted by Crippen LogP contribution is -2.22. The predicted octanol–water partition coefficient (Wildman–Crippen LogP) is 3.68. The number of aromatic nitrogens is 1. The average molecular weight is 366 g/mol. The fourth-order valence-corrected chi connectivity index (χ4v) is 2.96. The Bertz CT molecular complexity index is 347. The molecule has 1 atom stereocenters. The van der Waals surface area contributed by atoms with Crippen LogP contribution in [0.25, 0.3) is 0 Å². The van der Waals surface area contributed by atoms with Crippen LogP contribution in [0.4, 0.5) is 0 Å². The number of rotatable bonds is 7. The normalized spacial score (nSPS) is 12.7. The summed E-state index contributed by atoms with van der Waals surface area (Å²) in [6.45, 7) is 3.83. The molecule has 0 spiro atoms. The van der Waals surface area contributed by atoms with Crippen LogP contribution >= 0.6 is 31.9 Å². The Hall–Kier alpha value is 0.0300. The maximum atomic E-state index is 5.09. The highest BCUT2D eigenvalue weighted by molar-refractivity contribution is 9.11. The van der Waals surface area contributed by atoms with Crippen LogP contribution in [0.1, 0.15) is 31.5 Å². The second-order valence-electron chi connectivity index (χ2n) is 3.77. The van der Waals surface area contributed by atoms with E-state index < -0.39 is 0 Å². The number of nitrogens with one attached hydrogen (secondary N) is 1. The molecule has 1 unspecified atom stereocenters. The van der Waals surface area contributed by atoms with E-state index in [4.69, 9.17) is 4.74 Å². The highest BCUT2D eigenvalue weighted by Crippen LogP contribution is 2.27. The lowest BCUT2D eigenvalue weighted by molar-refractivity contribution is 0.188. The van der Waals surface area contributed by atoms with Gasteiger partial charge in [0.1, 0.15) is 0 Å². The maximum Gasteiger partial charge on any atom is 0.0715 e. The topological polar surface area (TPSA) is 34.1 Å². The molecule has 96 valence electrons. The molecule has 1 aromatic rings. The molecule has 0 amide bonds. The summed E-state index contributed by atoms with van der Waals surface area (Å²) < 4.78 is 7.11. The largest absolute Gasteiger partial charge is 0.385 e. The third kappa shape index (κ3) is 5.04. The van der Waals surface area contributed by atoms with E-state index >= 15 is 0 Å². The van der Waals surface area contributed by atoms with Crippen LogP contribution in [0.5, 0.6) is 0 Å². The molecule has 0 aromatic carbocycles. The van der Waals surface area contributed by atoms with E-state index in [1.165, 1.54) is 0 Å². The lowest BCUT2D eigenvalue weighted by atomic mass is 10.1. The van der Waals surface area contributed by atoms with Crippen molar-refractivity contribution in [1.29, 1.82) is 0 Å². The standard InChI is InChI=1S/C12H18Br2N2O/c1-3-15-11(5-4-6-17-2)12-10(14)7-9(13)8-16-12/h7-8,11,15H,3-6H2,1-2H3. The van der Waals surface area contributed by atoms with E-state index in [-0.39, 0.29) is 6.04 Å². The molecule has 0 bridgehead atoms. The number of halogens is 2. The molecular weight excluding hydrogens is 348 g/mol. The molecule has 0 fully saturated rings. The molecular formula is C12H18Br2N2O. The smallest absolute Gasteiger partial charge is 0.0715 e. The van der Waals surface area contributed by atoms with Crippen molar-refractivity contribution in [3.8, 4) is 0 Å². The zero-order valence-corrected chi connectivity index (χ0v) is 13.3. The average Bonchev–Trinajstić information content (AvgIpc) is 2.28. The van der Waals surface area contributed by atoms with Gasteiger partial charge in [-0.2, -0.15) is 0 Å². The first kappa shape index (κ1) is 15.1. The Labute approximate surface area is 120 Å². The predicted molar refractivity (Wildman–Crippen MR) is 77.2 cm³/mol. The van der Waals surface area contributed by atoms with Crippen LogP contribution in [-0.2, 0) is 4.74 Å². The first-order valence-electron chi connectivity index (χ1n) is 5.72. The molecule has 17 heavy (non-hydrogen) atoms. The summed E-state index contributed by atoms with van der Waals surface area (Å²) in [4.78, 5) is 4.48. The molecule has 1 N–H and O–H groups in total. The van der Waals surface area contributed by atoms with Crippen molar-refractivity contribution in [1.82, 2.24) is 10.3 Å². The van der Waals surface area contributed by atoms with E-state index in [1.54, 1.807) is 7.11 Å². The minimum absolute atomic E-state index is 0.276. The fraction of sp³-hybridized carbons (Fsp3) is 0.583. The molecule has 1 rings (SSSR count). The highest BCUT2D eigenvalue weighted by atomic mass is 79.9. The summed E-state index contributed by atoms with van der Waals surface area (Å²) in [6.07, 6.45) is 3.88.